The lowest BCUT2D eigenvalue weighted by atomic mass is 9.67. The highest BCUT2D eigenvalue weighted by Gasteiger charge is 2.44. The highest BCUT2D eigenvalue weighted by molar-refractivity contribution is 7.26. The number of aromatic nitrogens is 2. The standard InChI is InChI=1S/C53H35N3OS/c54-31-32-16-22-44-42(26-32)37-20-17-35(28-45(37)53(44)24-7-2-8-25-53)34-19-23-50-43(27-34)40-13-9-14-41(51(40)58-50)47-30-46(55-52(56-47)33-10-3-1-4-11-33)36-18-21-39-38-12-5-6-15-48(38)57-49(39)29-36/h1,3-6,9-23,26-30H,2,7-8,24-25H2. The maximum Gasteiger partial charge on any atom is 0.160 e. The van der Waals surface area contributed by atoms with Gasteiger partial charge in [-0.1, -0.05) is 116 Å². The normalized spacial score (nSPS) is 14.3. The third-order valence-electron chi connectivity index (χ3n) is 12.7. The molecule has 0 aliphatic heterocycles. The van der Waals surface area contributed by atoms with E-state index < -0.39 is 0 Å². The molecule has 12 rings (SSSR count). The Morgan fingerprint density at radius 2 is 1.29 bits per heavy atom. The fraction of sp³-hybridized carbons (Fsp3) is 0.113. The summed E-state index contributed by atoms with van der Waals surface area (Å²) in [7, 11) is 0. The first kappa shape index (κ1) is 33.3. The van der Waals surface area contributed by atoms with Crippen molar-refractivity contribution in [1.29, 1.82) is 5.26 Å². The molecular formula is C53H35N3OS. The molecule has 0 N–H and O–H groups in total. The topological polar surface area (TPSA) is 62.7 Å². The van der Waals surface area contributed by atoms with Crippen LogP contribution < -0.4 is 0 Å². The number of benzene rings is 7. The summed E-state index contributed by atoms with van der Waals surface area (Å²) in [5.41, 5.74) is 15.1. The van der Waals surface area contributed by atoms with Gasteiger partial charge < -0.3 is 4.42 Å². The molecule has 7 aromatic carbocycles. The lowest BCUT2D eigenvalue weighted by molar-refractivity contribution is 0.353. The van der Waals surface area contributed by atoms with Crippen molar-refractivity contribution in [2.24, 2.45) is 0 Å². The van der Waals surface area contributed by atoms with Crippen LogP contribution in [0.3, 0.4) is 0 Å². The van der Waals surface area contributed by atoms with Crippen molar-refractivity contribution >= 4 is 53.4 Å². The number of fused-ring (bicyclic) bond motifs is 11. The van der Waals surface area contributed by atoms with Crippen LogP contribution in [0.1, 0.15) is 48.8 Å². The summed E-state index contributed by atoms with van der Waals surface area (Å²) in [5, 5.41) is 14.4. The van der Waals surface area contributed by atoms with Gasteiger partial charge in [-0.2, -0.15) is 5.26 Å². The molecule has 10 aromatic rings. The Morgan fingerprint density at radius 1 is 0.517 bits per heavy atom. The Kier molecular flexibility index (Phi) is 7.36. The van der Waals surface area contributed by atoms with Gasteiger partial charge in [0.25, 0.3) is 0 Å². The van der Waals surface area contributed by atoms with Crippen LogP contribution in [0.5, 0.6) is 0 Å². The molecule has 0 saturated heterocycles. The smallest absolute Gasteiger partial charge is 0.160 e. The minimum Gasteiger partial charge on any atom is -0.456 e. The first-order valence-electron chi connectivity index (χ1n) is 20.2. The van der Waals surface area contributed by atoms with Crippen molar-refractivity contribution in [3.63, 3.8) is 0 Å². The number of rotatable bonds is 4. The van der Waals surface area contributed by atoms with Crippen LogP contribution in [0.25, 0.3) is 98.3 Å². The first-order chi connectivity index (χ1) is 28.6. The fourth-order valence-electron chi connectivity index (χ4n) is 9.96. The Hall–Kier alpha value is -6.87. The van der Waals surface area contributed by atoms with E-state index in [1.165, 1.54) is 72.8 Å². The zero-order chi connectivity index (χ0) is 38.4. The molecule has 3 heterocycles. The number of nitriles is 1. The second-order valence-electron chi connectivity index (χ2n) is 15.9. The minimum absolute atomic E-state index is 0.0216. The summed E-state index contributed by atoms with van der Waals surface area (Å²) in [5.74, 6) is 0.691. The summed E-state index contributed by atoms with van der Waals surface area (Å²) in [6, 6.07) is 56.3. The van der Waals surface area contributed by atoms with Crippen LogP contribution in [-0.2, 0) is 5.41 Å². The van der Waals surface area contributed by atoms with E-state index in [4.69, 9.17) is 14.4 Å². The van der Waals surface area contributed by atoms with E-state index in [0.717, 1.165) is 68.4 Å². The van der Waals surface area contributed by atoms with Gasteiger partial charge in [-0.25, -0.2) is 9.97 Å². The molecule has 0 amide bonds. The molecule has 1 fully saturated rings. The van der Waals surface area contributed by atoms with Crippen molar-refractivity contribution in [1.82, 2.24) is 9.97 Å². The average molecular weight is 762 g/mol. The monoisotopic (exact) mass is 761 g/mol. The number of hydrogen-bond acceptors (Lipinski definition) is 5. The summed E-state index contributed by atoms with van der Waals surface area (Å²) in [6.07, 6.45) is 6.06. The van der Waals surface area contributed by atoms with Crippen LogP contribution in [0.2, 0.25) is 0 Å². The quantitative estimate of drug-likeness (QED) is 0.179. The molecule has 4 nitrogen and oxygen atoms in total. The van der Waals surface area contributed by atoms with Crippen LogP contribution >= 0.6 is 11.3 Å². The Morgan fingerprint density at radius 3 is 2.19 bits per heavy atom. The summed E-state index contributed by atoms with van der Waals surface area (Å²) < 4.78 is 8.76. The molecular weight excluding hydrogens is 727 g/mol. The summed E-state index contributed by atoms with van der Waals surface area (Å²) >= 11 is 1.83. The van der Waals surface area contributed by atoms with Gasteiger partial charge in [-0.15, -0.1) is 11.3 Å². The third-order valence-corrected chi connectivity index (χ3v) is 14.0. The zero-order valence-electron chi connectivity index (χ0n) is 31.6. The maximum absolute atomic E-state index is 9.75. The molecule has 274 valence electrons. The molecule has 1 spiro atoms. The molecule has 5 heteroatoms. The molecule has 0 bridgehead atoms. The van der Waals surface area contributed by atoms with Gasteiger partial charge in [0.15, 0.2) is 5.82 Å². The second-order valence-corrected chi connectivity index (χ2v) is 17.0. The van der Waals surface area contributed by atoms with E-state index in [2.05, 4.69) is 121 Å². The maximum atomic E-state index is 9.75. The van der Waals surface area contributed by atoms with Crippen molar-refractivity contribution in [2.45, 2.75) is 37.5 Å². The lowest BCUT2D eigenvalue weighted by Crippen LogP contribution is -2.28. The van der Waals surface area contributed by atoms with Crippen molar-refractivity contribution in [3.05, 3.63) is 168 Å². The Bertz CT molecular complexity index is 3340. The van der Waals surface area contributed by atoms with E-state index in [1.54, 1.807) is 0 Å². The summed E-state index contributed by atoms with van der Waals surface area (Å²) in [4.78, 5) is 10.4. The second kappa shape index (κ2) is 12.8. The minimum atomic E-state index is 0.0216. The fourth-order valence-corrected chi connectivity index (χ4v) is 11.2. The molecule has 0 unspecified atom stereocenters. The molecule has 3 aromatic heterocycles. The van der Waals surface area contributed by atoms with E-state index in [1.807, 2.05) is 47.7 Å². The van der Waals surface area contributed by atoms with E-state index >= 15 is 0 Å². The molecule has 2 aliphatic rings. The number of furan rings is 1. The highest BCUT2D eigenvalue weighted by Crippen LogP contribution is 2.56. The van der Waals surface area contributed by atoms with Crippen LogP contribution in [0, 0.1) is 11.3 Å². The van der Waals surface area contributed by atoms with Crippen molar-refractivity contribution < 1.29 is 4.42 Å². The largest absolute Gasteiger partial charge is 0.456 e. The van der Waals surface area contributed by atoms with Crippen LogP contribution in [0.4, 0.5) is 0 Å². The Balaban J connectivity index is 0.986. The van der Waals surface area contributed by atoms with Gasteiger partial charge in [0.2, 0.25) is 0 Å². The molecule has 1 saturated carbocycles. The average Bonchev–Trinajstić information content (AvgIpc) is 3.94. The predicted molar refractivity (Wildman–Crippen MR) is 238 cm³/mol. The van der Waals surface area contributed by atoms with Crippen molar-refractivity contribution in [3.8, 4) is 62.2 Å². The van der Waals surface area contributed by atoms with Gasteiger partial charge >= 0.3 is 0 Å². The van der Waals surface area contributed by atoms with Crippen LogP contribution in [0.15, 0.2) is 156 Å². The van der Waals surface area contributed by atoms with E-state index in [9.17, 15) is 5.26 Å². The Labute approximate surface area is 339 Å². The SMILES string of the molecule is N#Cc1ccc2c(c1)-c1ccc(-c3ccc4sc5c(-c6cc(-c7ccc8c(c7)oc7ccccc78)nc(-c7ccccc7)n6)cccc5c4c3)cc1C21CCCCC1. The van der Waals surface area contributed by atoms with Gasteiger partial charge in [0.1, 0.15) is 11.2 Å². The lowest BCUT2D eigenvalue weighted by Gasteiger charge is -2.36. The van der Waals surface area contributed by atoms with Crippen LogP contribution in [-0.4, -0.2) is 9.97 Å². The van der Waals surface area contributed by atoms with Gasteiger partial charge in [0.05, 0.1) is 23.0 Å². The molecule has 0 atom stereocenters. The molecule has 2 aliphatic carbocycles. The van der Waals surface area contributed by atoms with Gasteiger partial charge in [-0.3, -0.25) is 0 Å². The third kappa shape index (κ3) is 5.05. The van der Waals surface area contributed by atoms with E-state index in [0.29, 0.717) is 5.82 Å². The number of para-hydroxylation sites is 1. The number of nitrogens with zero attached hydrogens (tertiary/aromatic N) is 3. The number of hydrogen-bond donors (Lipinski definition) is 0. The van der Waals surface area contributed by atoms with E-state index in [-0.39, 0.29) is 5.41 Å². The summed E-state index contributed by atoms with van der Waals surface area (Å²) in [6.45, 7) is 0. The van der Waals surface area contributed by atoms with Gasteiger partial charge in [0, 0.05) is 53.1 Å². The highest BCUT2D eigenvalue weighted by atomic mass is 32.1. The zero-order valence-corrected chi connectivity index (χ0v) is 32.4. The predicted octanol–water partition coefficient (Wildman–Crippen LogP) is 14.5. The molecule has 0 radical (unpaired) electrons. The van der Waals surface area contributed by atoms with Crippen molar-refractivity contribution in [2.75, 3.05) is 0 Å². The molecule has 58 heavy (non-hydrogen) atoms. The van der Waals surface area contributed by atoms with Gasteiger partial charge in [-0.05, 0) is 101 Å². The first-order valence-corrected chi connectivity index (χ1v) is 21.0. The number of thiophene rings is 1.